The smallest absolute Gasteiger partial charge is 0.406 e. The third kappa shape index (κ3) is 8.67. The number of imide groups is 1. The van der Waals surface area contributed by atoms with Crippen LogP contribution in [0.2, 0.25) is 0 Å². The van der Waals surface area contributed by atoms with Crippen LogP contribution in [0.4, 0.5) is 23.9 Å². The molecule has 2 atom stereocenters. The highest BCUT2D eigenvalue weighted by atomic mass is 32.2. The van der Waals surface area contributed by atoms with Crippen molar-refractivity contribution in [3.63, 3.8) is 0 Å². The van der Waals surface area contributed by atoms with E-state index < -0.39 is 17.5 Å². The minimum absolute atomic E-state index is 0.216. The zero-order valence-corrected chi connectivity index (χ0v) is 20.6. The Morgan fingerprint density at radius 1 is 1.14 bits per heavy atom. The standard InChI is InChI=1S/C25H26F3N5O3S/c26-25(27,28)36-20-8-5-16(6-9-20)10-12-29-18-3-1-2-17(4-7-18)15-31-23-30-13-11-19(32-23)14-21-22(34)33-24(35)37-21/h5-6,8-9,11,13-15,17-18,29H,1-4,7,10,12H2,(H,33,34,35)/b21-14-,31-15?/t17?,18-/m1/s1. The third-order valence-electron chi connectivity index (χ3n) is 6.00. The highest BCUT2D eigenvalue weighted by Crippen LogP contribution is 2.26. The molecule has 0 radical (unpaired) electrons. The number of amides is 2. The zero-order valence-electron chi connectivity index (χ0n) is 19.8. The molecular formula is C25H26F3N5O3S. The fraction of sp³-hybridized carbons (Fsp3) is 0.400. The van der Waals surface area contributed by atoms with E-state index in [0.29, 0.717) is 30.0 Å². The fourth-order valence-corrected chi connectivity index (χ4v) is 4.86. The largest absolute Gasteiger partial charge is 0.573 e. The number of hydrogen-bond donors (Lipinski definition) is 2. The summed E-state index contributed by atoms with van der Waals surface area (Å²) in [6, 6.07) is 7.98. The summed E-state index contributed by atoms with van der Waals surface area (Å²) < 4.78 is 40.7. The highest BCUT2D eigenvalue weighted by molar-refractivity contribution is 8.18. The van der Waals surface area contributed by atoms with E-state index in [0.717, 1.165) is 56.0 Å². The van der Waals surface area contributed by atoms with Gasteiger partial charge in [0.15, 0.2) is 0 Å². The van der Waals surface area contributed by atoms with Crippen molar-refractivity contribution in [2.24, 2.45) is 10.9 Å². The summed E-state index contributed by atoms with van der Waals surface area (Å²) in [6.07, 6.45) is 6.07. The van der Waals surface area contributed by atoms with Crippen molar-refractivity contribution < 1.29 is 27.5 Å². The molecular weight excluding hydrogens is 507 g/mol. The summed E-state index contributed by atoms with van der Waals surface area (Å²) in [5.41, 5.74) is 1.44. The minimum atomic E-state index is -4.68. The van der Waals surface area contributed by atoms with Crippen LogP contribution in [0.1, 0.15) is 43.4 Å². The van der Waals surface area contributed by atoms with E-state index in [2.05, 4.69) is 30.3 Å². The molecule has 2 aliphatic rings. The first-order valence-electron chi connectivity index (χ1n) is 11.9. The molecule has 1 saturated carbocycles. The van der Waals surface area contributed by atoms with Crippen molar-refractivity contribution in [3.05, 3.63) is 52.7 Å². The molecule has 2 amide bonds. The van der Waals surface area contributed by atoms with E-state index in [1.54, 1.807) is 24.4 Å². The lowest BCUT2D eigenvalue weighted by molar-refractivity contribution is -0.274. The Kier molecular flexibility index (Phi) is 8.93. The summed E-state index contributed by atoms with van der Waals surface area (Å²) in [5, 5.41) is 5.36. The molecule has 196 valence electrons. The number of alkyl halides is 3. The molecule has 1 saturated heterocycles. The van der Waals surface area contributed by atoms with E-state index in [9.17, 15) is 22.8 Å². The number of thioether (sulfide) groups is 1. The number of aliphatic imine (C=N–C) groups is 1. The van der Waals surface area contributed by atoms with Gasteiger partial charge in [0, 0.05) is 18.5 Å². The summed E-state index contributed by atoms with van der Waals surface area (Å²) in [5.74, 6) is -0.0534. The lowest BCUT2D eigenvalue weighted by Crippen LogP contribution is -2.30. The van der Waals surface area contributed by atoms with Crippen LogP contribution in [0, 0.1) is 5.92 Å². The average molecular weight is 534 g/mol. The molecule has 1 unspecified atom stereocenters. The number of benzene rings is 1. The number of carbonyl (C=O) groups excluding carboxylic acids is 2. The third-order valence-corrected chi connectivity index (χ3v) is 6.81. The average Bonchev–Trinajstić information content (AvgIpc) is 3.02. The second-order valence-electron chi connectivity index (χ2n) is 8.77. The maximum absolute atomic E-state index is 12.3. The zero-order chi connectivity index (χ0) is 26.3. The van der Waals surface area contributed by atoms with E-state index in [1.165, 1.54) is 18.2 Å². The molecule has 1 aliphatic carbocycles. The molecule has 8 nitrogen and oxygen atoms in total. The number of ether oxygens (including phenoxy) is 1. The molecule has 0 spiro atoms. The minimum Gasteiger partial charge on any atom is -0.406 e. The van der Waals surface area contributed by atoms with Crippen LogP contribution >= 0.6 is 11.8 Å². The first kappa shape index (κ1) is 26.8. The number of aromatic nitrogens is 2. The van der Waals surface area contributed by atoms with Crippen molar-refractivity contribution in [1.29, 1.82) is 0 Å². The Labute approximate surface area is 216 Å². The molecule has 37 heavy (non-hydrogen) atoms. The number of halogens is 3. The molecule has 4 rings (SSSR count). The van der Waals surface area contributed by atoms with E-state index in [-0.39, 0.29) is 10.7 Å². The van der Waals surface area contributed by atoms with E-state index in [4.69, 9.17) is 0 Å². The van der Waals surface area contributed by atoms with Crippen LogP contribution in [0.15, 0.2) is 46.4 Å². The molecule has 1 aromatic carbocycles. The lowest BCUT2D eigenvalue weighted by atomic mass is 10.0. The Bertz CT molecular complexity index is 1170. The van der Waals surface area contributed by atoms with Gasteiger partial charge in [-0.25, -0.2) is 15.0 Å². The fourth-order valence-electron chi connectivity index (χ4n) is 4.19. The quantitative estimate of drug-likeness (QED) is 0.274. The first-order chi connectivity index (χ1) is 17.7. The van der Waals surface area contributed by atoms with Crippen molar-refractivity contribution in [2.45, 2.75) is 50.9 Å². The molecule has 0 bridgehead atoms. The predicted molar refractivity (Wildman–Crippen MR) is 134 cm³/mol. The van der Waals surface area contributed by atoms with Crippen LogP contribution < -0.4 is 15.4 Å². The second-order valence-corrected chi connectivity index (χ2v) is 9.79. The van der Waals surface area contributed by atoms with Gasteiger partial charge >= 0.3 is 6.36 Å². The maximum atomic E-state index is 12.3. The van der Waals surface area contributed by atoms with Crippen molar-refractivity contribution in [3.8, 4) is 5.75 Å². The van der Waals surface area contributed by atoms with Gasteiger partial charge in [-0.15, -0.1) is 13.2 Å². The van der Waals surface area contributed by atoms with E-state index >= 15 is 0 Å². The number of hydrogen-bond acceptors (Lipinski definition) is 8. The molecule has 2 aromatic rings. The van der Waals surface area contributed by atoms with Crippen LogP contribution in [-0.4, -0.2) is 46.3 Å². The Morgan fingerprint density at radius 2 is 1.95 bits per heavy atom. The van der Waals surface area contributed by atoms with Crippen LogP contribution in [0.5, 0.6) is 5.75 Å². The molecule has 2 N–H and O–H groups in total. The number of nitrogens with zero attached hydrogens (tertiary/aromatic N) is 3. The second kappa shape index (κ2) is 12.3. The highest BCUT2D eigenvalue weighted by Gasteiger charge is 2.31. The summed E-state index contributed by atoms with van der Waals surface area (Å²) in [7, 11) is 0. The lowest BCUT2D eigenvalue weighted by Gasteiger charge is -2.16. The Morgan fingerprint density at radius 3 is 2.68 bits per heavy atom. The van der Waals surface area contributed by atoms with Gasteiger partial charge in [0.25, 0.3) is 11.1 Å². The van der Waals surface area contributed by atoms with Crippen LogP contribution in [0.25, 0.3) is 6.08 Å². The Hall–Kier alpha value is -3.25. The van der Waals surface area contributed by atoms with Gasteiger partial charge in [-0.2, -0.15) is 0 Å². The van der Waals surface area contributed by atoms with Gasteiger partial charge in [-0.05, 0) is 86.2 Å². The van der Waals surface area contributed by atoms with Crippen molar-refractivity contribution >= 4 is 41.1 Å². The van der Waals surface area contributed by atoms with Crippen LogP contribution in [0.3, 0.4) is 0 Å². The number of rotatable bonds is 8. The van der Waals surface area contributed by atoms with Gasteiger partial charge in [0.1, 0.15) is 5.75 Å². The van der Waals surface area contributed by atoms with Crippen LogP contribution in [-0.2, 0) is 11.2 Å². The van der Waals surface area contributed by atoms with E-state index in [1.807, 2.05) is 6.21 Å². The monoisotopic (exact) mass is 533 g/mol. The van der Waals surface area contributed by atoms with Crippen molar-refractivity contribution in [2.75, 3.05) is 6.54 Å². The molecule has 1 aliphatic heterocycles. The van der Waals surface area contributed by atoms with Gasteiger partial charge in [0.2, 0.25) is 5.95 Å². The summed E-state index contributed by atoms with van der Waals surface area (Å²) in [4.78, 5) is 36.3. The maximum Gasteiger partial charge on any atom is 0.573 e. The van der Waals surface area contributed by atoms with Gasteiger partial charge in [-0.3, -0.25) is 14.9 Å². The molecule has 2 heterocycles. The molecule has 12 heteroatoms. The van der Waals surface area contributed by atoms with Gasteiger partial charge in [-0.1, -0.05) is 18.6 Å². The molecule has 1 aromatic heterocycles. The summed E-state index contributed by atoms with van der Waals surface area (Å²) >= 11 is 0.834. The first-order valence-corrected chi connectivity index (χ1v) is 12.8. The normalized spacial score (nSPS) is 21.9. The SMILES string of the molecule is O=C1NC(=O)/C(=C/c2ccnc(N=CC3CCC[C@@H](NCCc4ccc(OC(F)(F)F)cc4)CC3)n2)S1. The Balaban J connectivity index is 1.22. The van der Waals surface area contributed by atoms with Gasteiger partial charge < -0.3 is 10.1 Å². The van der Waals surface area contributed by atoms with Crippen molar-refractivity contribution in [1.82, 2.24) is 20.6 Å². The topological polar surface area (TPSA) is 106 Å². The summed E-state index contributed by atoms with van der Waals surface area (Å²) in [6.45, 7) is 0.737. The number of carbonyl (C=O) groups is 2. The number of nitrogens with one attached hydrogen (secondary N) is 2. The molecule has 2 fully saturated rings. The van der Waals surface area contributed by atoms with Gasteiger partial charge in [0.05, 0.1) is 10.6 Å². The predicted octanol–water partition coefficient (Wildman–Crippen LogP) is 5.18.